The van der Waals surface area contributed by atoms with Crippen LogP contribution in [0.3, 0.4) is 0 Å². The van der Waals surface area contributed by atoms with Gasteiger partial charge >= 0.3 is 0 Å². The van der Waals surface area contributed by atoms with Crippen LogP contribution in [0.25, 0.3) is 0 Å². The zero-order valence-electron chi connectivity index (χ0n) is 10.5. The van der Waals surface area contributed by atoms with Gasteiger partial charge in [0.2, 0.25) is 0 Å². The maximum atomic E-state index is 5.23. The van der Waals surface area contributed by atoms with E-state index in [-0.39, 0.29) is 0 Å². The number of hydrogen-bond acceptors (Lipinski definition) is 2. The molecule has 0 aromatic heterocycles. The van der Waals surface area contributed by atoms with Crippen molar-refractivity contribution in [1.82, 2.24) is 0 Å². The highest BCUT2D eigenvalue weighted by atomic mass is 28.4. The molecule has 13 heavy (non-hydrogen) atoms. The summed E-state index contributed by atoms with van der Waals surface area (Å²) in [5, 5.41) is 0. The molecule has 2 nitrogen and oxygen atoms in total. The molecular formula is C9H26O2Si2. The van der Waals surface area contributed by atoms with E-state index in [4.69, 9.17) is 8.85 Å². The molecule has 82 valence electrons. The van der Waals surface area contributed by atoms with Gasteiger partial charge in [-0.3, -0.25) is 0 Å². The first-order valence-corrected chi connectivity index (χ1v) is 11.3. The van der Waals surface area contributed by atoms with Gasteiger partial charge in [-0.15, -0.1) is 0 Å². The van der Waals surface area contributed by atoms with Crippen LogP contribution in [0, 0.1) is 0 Å². The summed E-state index contributed by atoms with van der Waals surface area (Å²) in [5.74, 6) is 0. The van der Waals surface area contributed by atoms with Gasteiger partial charge in [-0.05, 0) is 38.8 Å². The van der Waals surface area contributed by atoms with E-state index in [9.17, 15) is 0 Å². The fourth-order valence-electron chi connectivity index (χ4n) is 0.144. The van der Waals surface area contributed by atoms with Gasteiger partial charge in [0.1, 0.15) is 0 Å². The van der Waals surface area contributed by atoms with Crippen molar-refractivity contribution in [2.24, 2.45) is 0 Å². The Balaban J connectivity index is 0. The van der Waals surface area contributed by atoms with Crippen molar-refractivity contribution in [3.05, 3.63) is 0 Å². The predicted molar refractivity (Wildman–Crippen MR) is 65.3 cm³/mol. The number of hydrogen-bond donors (Lipinski definition) is 0. The minimum Gasteiger partial charge on any atom is -0.421 e. The van der Waals surface area contributed by atoms with Crippen molar-refractivity contribution in [2.45, 2.75) is 45.7 Å². The highest BCUT2D eigenvalue weighted by Gasteiger charge is 2.15. The van der Waals surface area contributed by atoms with E-state index < -0.39 is 16.6 Å². The van der Waals surface area contributed by atoms with Crippen LogP contribution in [-0.2, 0) is 8.85 Å². The van der Waals surface area contributed by atoms with Gasteiger partial charge in [0.15, 0.2) is 16.6 Å². The molecule has 0 rings (SSSR count). The maximum Gasteiger partial charge on any atom is 0.185 e. The summed E-state index contributed by atoms with van der Waals surface area (Å²) in [6, 6.07) is 1.21. The van der Waals surface area contributed by atoms with Gasteiger partial charge in [-0.1, -0.05) is 6.92 Å². The van der Waals surface area contributed by atoms with Crippen LogP contribution in [0.15, 0.2) is 0 Å². The number of rotatable bonds is 3. The second kappa shape index (κ2) is 6.76. The molecule has 0 saturated heterocycles. The molecule has 0 radical (unpaired) electrons. The normalized spacial score (nSPS) is 12.0. The summed E-state index contributed by atoms with van der Waals surface area (Å²) >= 11 is 0. The Hall–Kier alpha value is 0.354. The Labute approximate surface area is 85.9 Å². The Morgan fingerprint density at radius 1 is 0.846 bits per heavy atom. The zero-order chi connectivity index (χ0) is 11.1. The molecule has 0 N–H and O–H groups in total. The van der Waals surface area contributed by atoms with Gasteiger partial charge < -0.3 is 8.85 Å². The van der Waals surface area contributed by atoms with E-state index >= 15 is 0 Å². The molecule has 0 heterocycles. The van der Waals surface area contributed by atoms with Crippen molar-refractivity contribution < 1.29 is 8.85 Å². The smallest absolute Gasteiger partial charge is 0.185 e. The van der Waals surface area contributed by atoms with E-state index in [1.165, 1.54) is 6.04 Å². The maximum absolute atomic E-state index is 5.23. The molecule has 0 aliphatic heterocycles. The molecule has 0 bridgehead atoms. The molecule has 0 fully saturated rings. The van der Waals surface area contributed by atoms with E-state index in [0.717, 1.165) is 0 Å². The molecule has 0 unspecified atom stereocenters. The van der Waals surface area contributed by atoms with Gasteiger partial charge in [-0.25, -0.2) is 0 Å². The van der Waals surface area contributed by atoms with Crippen molar-refractivity contribution >= 4 is 16.6 Å². The minimum atomic E-state index is -1.15. The SMILES string of the molecule is CC[Si](C)(C)OC.CO[Si](C)(C)C. The Morgan fingerprint density at radius 3 is 1.15 bits per heavy atom. The molecule has 0 aliphatic carbocycles. The molecule has 0 aliphatic rings. The molecule has 0 saturated carbocycles. The lowest BCUT2D eigenvalue weighted by Gasteiger charge is -2.15. The lowest BCUT2D eigenvalue weighted by molar-refractivity contribution is 0.405. The first-order chi connectivity index (χ1) is 5.68. The van der Waals surface area contributed by atoms with E-state index in [1.54, 1.807) is 14.2 Å². The third-order valence-corrected chi connectivity index (χ3v) is 6.05. The van der Waals surface area contributed by atoms with Crippen molar-refractivity contribution in [2.75, 3.05) is 14.2 Å². The quantitative estimate of drug-likeness (QED) is 0.682. The van der Waals surface area contributed by atoms with Crippen LogP contribution in [0.1, 0.15) is 6.92 Å². The van der Waals surface area contributed by atoms with Crippen molar-refractivity contribution in [1.29, 1.82) is 0 Å². The Morgan fingerprint density at radius 2 is 1.15 bits per heavy atom. The van der Waals surface area contributed by atoms with Gasteiger partial charge in [0.25, 0.3) is 0 Å². The molecule has 4 heteroatoms. The summed E-state index contributed by atoms with van der Waals surface area (Å²) < 4.78 is 10.3. The van der Waals surface area contributed by atoms with Crippen LogP contribution < -0.4 is 0 Å². The van der Waals surface area contributed by atoms with Gasteiger partial charge in [0.05, 0.1) is 0 Å². The van der Waals surface area contributed by atoms with Crippen LogP contribution in [-0.4, -0.2) is 30.9 Å². The van der Waals surface area contributed by atoms with Crippen LogP contribution in [0.4, 0.5) is 0 Å². The van der Waals surface area contributed by atoms with Crippen LogP contribution in [0.2, 0.25) is 38.8 Å². The second-order valence-corrected chi connectivity index (χ2v) is 13.9. The lowest BCUT2D eigenvalue weighted by atomic mass is 11.0. The molecule has 0 amide bonds. The fraction of sp³-hybridized carbons (Fsp3) is 1.00. The van der Waals surface area contributed by atoms with Gasteiger partial charge in [-0.2, -0.15) is 0 Å². The highest BCUT2D eigenvalue weighted by Crippen LogP contribution is 2.06. The second-order valence-electron chi connectivity index (χ2n) is 4.63. The third kappa shape index (κ3) is 15.1. The summed E-state index contributed by atoms with van der Waals surface area (Å²) in [5.41, 5.74) is 0. The first kappa shape index (κ1) is 15.8. The fourth-order valence-corrected chi connectivity index (χ4v) is 0.433. The largest absolute Gasteiger partial charge is 0.421 e. The minimum absolute atomic E-state index is 1.13. The van der Waals surface area contributed by atoms with E-state index in [1.807, 2.05) is 0 Å². The van der Waals surface area contributed by atoms with E-state index in [0.29, 0.717) is 0 Å². The zero-order valence-corrected chi connectivity index (χ0v) is 12.5. The molecule has 0 aromatic rings. The van der Waals surface area contributed by atoms with E-state index in [2.05, 4.69) is 39.7 Å². The van der Waals surface area contributed by atoms with Crippen molar-refractivity contribution in [3.8, 4) is 0 Å². The Kier molecular flexibility index (Phi) is 8.22. The molecule has 0 spiro atoms. The topological polar surface area (TPSA) is 18.5 Å². The molecular weight excluding hydrogens is 196 g/mol. The van der Waals surface area contributed by atoms with Crippen molar-refractivity contribution in [3.63, 3.8) is 0 Å². The summed E-state index contributed by atoms with van der Waals surface area (Å²) in [6.45, 7) is 13.1. The summed E-state index contributed by atoms with van der Waals surface area (Å²) in [6.07, 6.45) is 0. The predicted octanol–water partition coefficient (Wildman–Crippen LogP) is 3.33. The molecule has 0 atom stereocenters. The average molecular weight is 222 g/mol. The van der Waals surface area contributed by atoms with Crippen LogP contribution in [0.5, 0.6) is 0 Å². The monoisotopic (exact) mass is 222 g/mol. The summed E-state index contributed by atoms with van der Waals surface area (Å²) in [4.78, 5) is 0. The lowest BCUT2D eigenvalue weighted by Crippen LogP contribution is -2.26. The van der Waals surface area contributed by atoms with Gasteiger partial charge in [0, 0.05) is 14.2 Å². The van der Waals surface area contributed by atoms with Crippen LogP contribution >= 0.6 is 0 Å². The Bertz CT molecular complexity index is 113. The first-order valence-electron chi connectivity index (χ1n) is 4.79. The third-order valence-electron chi connectivity index (χ3n) is 2.02. The average Bonchev–Trinajstić information content (AvgIpc) is 2.04. The molecule has 0 aromatic carbocycles. The highest BCUT2D eigenvalue weighted by molar-refractivity contribution is 6.71. The summed E-state index contributed by atoms with van der Waals surface area (Å²) in [7, 11) is 1.29. The standard InChI is InChI=1S/C5H14OSi.C4H12OSi/c1-5-7(3,4)6-2;1-5-6(2,3)4/h5H2,1-4H3;1-4H3.